The molecule has 1 atom stereocenters. The number of carbonyl (C=O) groups is 1. The van der Waals surface area contributed by atoms with Gasteiger partial charge in [-0.15, -0.1) is 11.8 Å². The van der Waals surface area contributed by atoms with E-state index in [9.17, 15) is 9.18 Å². The van der Waals surface area contributed by atoms with E-state index >= 15 is 0 Å². The van der Waals surface area contributed by atoms with E-state index < -0.39 is 5.82 Å². The molecule has 0 aliphatic carbocycles. The number of halogens is 2. The standard InChI is InChI=1S/C22H26ClFN2OS/c1-3-14(2)26-22(27)18-6-4-15(12-20(18)24)13-28-21-17-9-11-25-10-8-16(17)5-7-19(21)23/h4-7,12,14,25H,3,8-11,13H2,1-2H3,(H,26,27)/t14-/m0/s1. The Morgan fingerprint density at radius 3 is 2.82 bits per heavy atom. The maximum absolute atomic E-state index is 14.5. The molecule has 2 aromatic carbocycles. The van der Waals surface area contributed by atoms with Gasteiger partial charge in [-0.25, -0.2) is 4.39 Å². The summed E-state index contributed by atoms with van der Waals surface area (Å²) in [5.74, 6) is -0.246. The van der Waals surface area contributed by atoms with Crippen molar-refractivity contribution in [3.05, 3.63) is 63.4 Å². The van der Waals surface area contributed by atoms with Crippen molar-refractivity contribution in [3.8, 4) is 0 Å². The van der Waals surface area contributed by atoms with Gasteiger partial charge in [0.05, 0.1) is 10.6 Å². The van der Waals surface area contributed by atoms with Gasteiger partial charge in [-0.05, 0) is 74.2 Å². The molecule has 1 aliphatic rings. The zero-order chi connectivity index (χ0) is 20.1. The maximum Gasteiger partial charge on any atom is 0.254 e. The van der Waals surface area contributed by atoms with Crippen LogP contribution >= 0.6 is 23.4 Å². The summed E-state index contributed by atoms with van der Waals surface area (Å²) < 4.78 is 14.5. The molecule has 3 rings (SSSR count). The lowest BCUT2D eigenvalue weighted by Gasteiger charge is -2.14. The van der Waals surface area contributed by atoms with Gasteiger partial charge >= 0.3 is 0 Å². The molecular formula is C22H26ClFN2OS. The monoisotopic (exact) mass is 420 g/mol. The minimum atomic E-state index is -0.485. The number of nitrogens with one attached hydrogen (secondary N) is 2. The lowest BCUT2D eigenvalue weighted by atomic mass is 10.0. The zero-order valence-electron chi connectivity index (χ0n) is 16.3. The van der Waals surface area contributed by atoms with Crippen molar-refractivity contribution in [2.24, 2.45) is 0 Å². The third kappa shape index (κ3) is 5.07. The molecule has 1 amide bonds. The highest BCUT2D eigenvalue weighted by molar-refractivity contribution is 7.98. The number of hydrogen-bond acceptors (Lipinski definition) is 3. The fourth-order valence-corrected chi connectivity index (χ4v) is 4.70. The minimum absolute atomic E-state index is 0.0205. The molecule has 0 bridgehead atoms. The average Bonchev–Trinajstić information content (AvgIpc) is 2.92. The summed E-state index contributed by atoms with van der Waals surface area (Å²) in [5, 5.41) is 6.97. The van der Waals surface area contributed by atoms with Crippen molar-refractivity contribution in [1.82, 2.24) is 10.6 Å². The molecule has 0 spiro atoms. The Hall–Kier alpha value is -1.56. The Balaban J connectivity index is 1.74. The van der Waals surface area contributed by atoms with Crippen LogP contribution in [-0.2, 0) is 18.6 Å². The first kappa shape index (κ1) is 21.2. The summed E-state index contributed by atoms with van der Waals surface area (Å²) in [6.07, 6.45) is 2.75. The van der Waals surface area contributed by atoms with E-state index in [1.807, 2.05) is 26.0 Å². The van der Waals surface area contributed by atoms with Crippen molar-refractivity contribution in [3.63, 3.8) is 0 Å². The van der Waals surface area contributed by atoms with Gasteiger partial charge < -0.3 is 10.6 Å². The lowest BCUT2D eigenvalue weighted by Crippen LogP contribution is -2.32. The molecular weight excluding hydrogens is 395 g/mol. The summed E-state index contributed by atoms with van der Waals surface area (Å²) in [5.41, 5.74) is 3.56. The van der Waals surface area contributed by atoms with Gasteiger partial charge in [-0.1, -0.05) is 30.7 Å². The Bertz CT molecular complexity index is 859. The fourth-order valence-electron chi connectivity index (χ4n) is 3.26. The van der Waals surface area contributed by atoms with Crippen LogP contribution in [-0.4, -0.2) is 25.0 Å². The van der Waals surface area contributed by atoms with Gasteiger partial charge in [0.25, 0.3) is 5.91 Å². The van der Waals surface area contributed by atoms with E-state index in [0.717, 1.165) is 47.8 Å². The molecule has 28 heavy (non-hydrogen) atoms. The molecule has 1 heterocycles. The average molecular weight is 421 g/mol. The van der Waals surface area contributed by atoms with Crippen LogP contribution in [0.2, 0.25) is 5.02 Å². The predicted octanol–water partition coefficient (Wildman–Crippen LogP) is 4.99. The van der Waals surface area contributed by atoms with Crippen LogP contribution in [0.1, 0.15) is 47.3 Å². The molecule has 0 aromatic heterocycles. The van der Waals surface area contributed by atoms with Gasteiger partial charge in [0.1, 0.15) is 5.82 Å². The summed E-state index contributed by atoms with van der Waals surface area (Å²) in [6.45, 7) is 5.80. The number of thioether (sulfide) groups is 1. The molecule has 2 aromatic rings. The molecule has 0 fully saturated rings. The minimum Gasteiger partial charge on any atom is -0.350 e. The number of amides is 1. The molecule has 6 heteroatoms. The number of hydrogen-bond donors (Lipinski definition) is 2. The van der Waals surface area contributed by atoms with Crippen LogP contribution in [0.15, 0.2) is 35.2 Å². The second-order valence-corrected chi connectivity index (χ2v) is 8.54. The quantitative estimate of drug-likeness (QED) is 0.647. The Morgan fingerprint density at radius 2 is 2.07 bits per heavy atom. The van der Waals surface area contributed by atoms with Crippen molar-refractivity contribution in [2.75, 3.05) is 13.1 Å². The number of carbonyl (C=O) groups excluding carboxylic acids is 1. The van der Waals surface area contributed by atoms with Crippen LogP contribution in [0.3, 0.4) is 0 Å². The molecule has 0 unspecified atom stereocenters. The van der Waals surface area contributed by atoms with E-state index in [1.54, 1.807) is 17.8 Å². The predicted molar refractivity (Wildman–Crippen MR) is 115 cm³/mol. The van der Waals surface area contributed by atoms with Crippen LogP contribution in [0, 0.1) is 5.82 Å². The molecule has 0 saturated carbocycles. The second-order valence-electron chi connectivity index (χ2n) is 7.15. The van der Waals surface area contributed by atoms with Crippen LogP contribution in [0.4, 0.5) is 4.39 Å². The van der Waals surface area contributed by atoms with Crippen LogP contribution in [0.5, 0.6) is 0 Å². The molecule has 2 N–H and O–H groups in total. The van der Waals surface area contributed by atoms with Gasteiger partial charge in [-0.2, -0.15) is 0 Å². The number of fused-ring (bicyclic) bond motifs is 1. The smallest absolute Gasteiger partial charge is 0.254 e. The van der Waals surface area contributed by atoms with Crippen LogP contribution < -0.4 is 10.6 Å². The van der Waals surface area contributed by atoms with Gasteiger partial charge in [0.2, 0.25) is 0 Å². The highest BCUT2D eigenvalue weighted by Gasteiger charge is 2.17. The summed E-state index contributed by atoms with van der Waals surface area (Å²) >= 11 is 8.11. The van der Waals surface area contributed by atoms with Gasteiger partial charge in [-0.3, -0.25) is 4.79 Å². The number of benzene rings is 2. The third-order valence-electron chi connectivity index (χ3n) is 5.08. The largest absolute Gasteiger partial charge is 0.350 e. The van der Waals surface area contributed by atoms with Crippen LogP contribution in [0.25, 0.3) is 0 Å². The van der Waals surface area contributed by atoms with E-state index in [-0.39, 0.29) is 17.5 Å². The fraction of sp³-hybridized carbons (Fsp3) is 0.409. The molecule has 3 nitrogen and oxygen atoms in total. The summed E-state index contributed by atoms with van der Waals surface area (Å²) in [7, 11) is 0. The van der Waals surface area contributed by atoms with Crippen molar-refractivity contribution >= 4 is 29.3 Å². The first-order chi connectivity index (χ1) is 13.5. The first-order valence-corrected chi connectivity index (χ1v) is 11.1. The second kappa shape index (κ2) is 9.77. The Labute approximate surface area is 175 Å². The van der Waals surface area contributed by atoms with Crippen molar-refractivity contribution < 1.29 is 9.18 Å². The molecule has 1 aliphatic heterocycles. The van der Waals surface area contributed by atoms with E-state index in [0.29, 0.717) is 5.75 Å². The number of rotatable bonds is 6. The highest BCUT2D eigenvalue weighted by Crippen LogP contribution is 2.36. The first-order valence-electron chi connectivity index (χ1n) is 9.72. The maximum atomic E-state index is 14.5. The topological polar surface area (TPSA) is 41.1 Å². The molecule has 0 radical (unpaired) electrons. The summed E-state index contributed by atoms with van der Waals surface area (Å²) in [6, 6.07) is 8.93. The Morgan fingerprint density at radius 1 is 1.29 bits per heavy atom. The van der Waals surface area contributed by atoms with E-state index in [2.05, 4.69) is 16.7 Å². The Kier molecular flexibility index (Phi) is 7.38. The SMILES string of the molecule is CC[C@H](C)NC(=O)c1ccc(CSc2c(Cl)ccc3c2CCNCC3)cc1F. The van der Waals surface area contributed by atoms with E-state index in [4.69, 9.17) is 11.6 Å². The zero-order valence-corrected chi connectivity index (χ0v) is 17.9. The highest BCUT2D eigenvalue weighted by atomic mass is 35.5. The third-order valence-corrected chi connectivity index (χ3v) is 6.74. The normalized spacial score (nSPS) is 14.9. The van der Waals surface area contributed by atoms with Crippen molar-refractivity contribution in [2.45, 2.75) is 49.8 Å². The summed E-state index contributed by atoms with van der Waals surface area (Å²) in [4.78, 5) is 13.3. The van der Waals surface area contributed by atoms with Gasteiger partial charge in [0.15, 0.2) is 0 Å². The van der Waals surface area contributed by atoms with Gasteiger partial charge in [0, 0.05) is 16.7 Å². The molecule has 150 valence electrons. The van der Waals surface area contributed by atoms with Crippen molar-refractivity contribution in [1.29, 1.82) is 0 Å². The lowest BCUT2D eigenvalue weighted by molar-refractivity contribution is 0.0935. The molecule has 0 saturated heterocycles. The van der Waals surface area contributed by atoms with E-state index in [1.165, 1.54) is 17.2 Å².